The van der Waals surface area contributed by atoms with Crippen LogP contribution in [0, 0.1) is 5.41 Å². The van der Waals surface area contributed by atoms with Gasteiger partial charge in [-0.25, -0.2) is 4.79 Å². The van der Waals surface area contributed by atoms with Crippen LogP contribution in [0.25, 0.3) is 0 Å². The number of benzene rings is 2. The molecule has 1 amide bonds. The third kappa shape index (κ3) is 4.94. The van der Waals surface area contributed by atoms with Gasteiger partial charge in [0.1, 0.15) is 0 Å². The summed E-state index contributed by atoms with van der Waals surface area (Å²) in [7, 11) is 0. The number of carbonyl (C=O) groups is 2. The molecule has 2 N–H and O–H groups in total. The van der Waals surface area contributed by atoms with Crippen molar-refractivity contribution in [1.29, 1.82) is 0 Å². The van der Waals surface area contributed by atoms with Crippen molar-refractivity contribution in [3.05, 3.63) is 83.4 Å². The van der Waals surface area contributed by atoms with Crippen LogP contribution in [-0.2, 0) is 17.6 Å². The van der Waals surface area contributed by atoms with E-state index in [4.69, 9.17) is 5.11 Å². The van der Waals surface area contributed by atoms with E-state index in [0.29, 0.717) is 19.4 Å². The molecule has 32 heavy (non-hydrogen) atoms. The van der Waals surface area contributed by atoms with E-state index in [9.17, 15) is 14.7 Å². The normalized spacial score (nSPS) is 21.0. The van der Waals surface area contributed by atoms with Gasteiger partial charge >= 0.3 is 5.97 Å². The second-order valence-corrected chi connectivity index (χ2v) is 9.15. The standard InChI is InChI=1S/C27H31NO4/c29-24(27(16-4-17-27)19-21-5-2-1-3-6-21)13-11-23-12-14-25(30)28(23)18-15-20-7-9-22(10-8-20)26(31)32/h1-3,5-11,13,23-24,29H,4,12,14-19H2,(H,31,32)/b13-11+. The third-order valence-electron chi connectivity index (χ3n) is 7.11. The van der Waals surface area contributed by atoms with Crippen molar-refractivity contribution in [2.24, 2.45) is 5.41 Å². The molecule has 2 fully saturated rings. The van der Waals surface area contributed by atoms with Crippen molar-refractivity contribution in [2.75, 3.05) is 6.54 Å². The molecule has 2 aliphatic rings. The first kappa shape index (κ1) is 22.3. The summed E-state index contributed by atoms with van der Waals surface area (Å²) in [5, 5.41) is 20.1. The summed E-state index contributed by atoms with van der Waals surface area (Å²) in [6.07, 6.45) is 9.46. The molecule has 0 aromatic heterocycles. The van der Waals surface area contributed by atoms with Crippen LogP contribution in [0.3, 0.4) is 0 Å². The molecular weight excluding hydrogens is 402 g/mol. The van der Waals surface area contributed by atoms with Crippen LogP contribution >= 0.6 is 0 Å². The van der Waals surface area contributed by atoms with E-state index in [2.05, 4.69) is 12.1 Å². The summed E-state index contributed by atoms with van der Waals surface area (Å²) >= 11 is 0. The van der Waals surface area contributed by atoms with Gasteiger partial charge in [-0.15, -0.1) is 0 Å². The average molecular weight is 434 g/mol. The average Bonchev–Trinajstić information content (AvgIpc) is 3.13. The summed E-state index contributed by atoms with van der Waals surface area (Å²) < 4.78 is 0. The minimum Gasteiger partial charge on any atom is -0.478 e. The highest BCUT2D eigenvalue weighted by molar-refractivity contribution is 5.87. The first-order valence-corrected chi connectivity index (χ1v) is 11.5. The summed E-state index contributed by atoms with van der Waals surface area (Å²) in [5.74, 6) is -0.800. The molecule has 0 radical (unpaired) electrons. The second kappa shape index (κ2) is 9.70. The number of amides is 1. The zero-order valence-electron chi connectivity index (χ0n) is 18.3. The maximum absolute atomic E-state index is 12.5. The van der Waals surface area contributed by atoms with Crippen LogP contribution in [0.5, 0.6) is 0 Å². The number of hydrogen-bond acceptors (Lipinski definition) is 3. The zero-order valence-corrected chi connectivity index (χ0v) is 18.3. The fraction of sp³-hybridized carbons (Fsp3) is 0.407. The summed E-state index contributed by atoms with van der Waals surface area (Å²) in [6.45, 7) is 0.589. The second-order valence-electron chi connectivity index (χ2n) is 9.15. The topological polar surface area (TPSA) is 77.8 Å². The Hall–Kier alpha value is -2.92. The predicted molar refractivity (Wildman–Crippen MR) is 123 cm³/mol. The van der Waals surface area contributed by atoms with Crippen molar-refractivity contribution in [3.63, 3.8) is 0 Å². The first-order chi connectivity index (χ1) is 15.5. The Morgan fingerprint density at radius 3 is 2.44 bits per heavy atom. The zero-order chi connectivity index (χ0) is 22.6. The van der Waals surface area contributed by atoms with Crippen LogP contribution in [0.4, 0.5) is 0 Å². The van der Waals surface area contributed by atoms with Gasteiger partial charge in [0.2, 0.25) is 5.91 Å². The molecule has 2 atom stereocenters. The third-order valence-corrected chi connectivity index (χ3v) is 7.11. The summed E-state index contributed by atoms with van der Waals surface area (Å²) in [5.41, 5.74) is 2.43. The molecule has 4 rings (SSSR count). The highest BCUT2D eigenvalue weighted by Gasteiger charge is 2.42. The molecule has 0 spiro atoms. The fourth-order valence-corrected chi connectivity index (χ4v) is 4.96. The van der Waals surface area contributed by atoms with Crippen molar-refractivity contribution in [3.8, 4) is 0 Å². The van der Waals surface area contributed by atoms with Gasteiger partial charge < -0.3 is 15.1 Å². The smallest absolute Gasteiger partial charge is 0.335 e. The number of likely N-dealkylation sites (tertiary alicyclic amines) is 1. The Bertz CT molecular complexity index is 963. The Balaban J connectivity index is 1.37. The van der Waals surface area contributed by atoms with E-state index < -0.39 is 12.1 Å². The van der Waals surface area contributed by atoms with Crippen molar-refractivity contribution in [2.45, 2.75) is 57.1 Å². The molecule has 1 saturated heterocycles. The van der Waals surface area contributed by atoms with Gasteiger partial charge in [-0.2, -0.15) is 0 Å². The molecule has 0 bridgehead atoms. The van der Waals surface area contributed by atoms with E-state index in [1.165, 1.54) is 5.56 Å². The number of aromatic carboxylic acids is 1. The molecule has 1 heterocycles. The summed E-state index contributed by atoms with van der Waals surface area (Å²) in [4.78, 5) is 25.3. The number of aliphatic hydroxyl groups is 1. The maximum atomic E-state index is 12.5. The van der Waals surface area contributed by atoms with Crippen molar-refractivity contribution < 1.29 is 19.8 Å². The molecule has 2 unspecified atom stereocenters. The van der Waals surface area contributed by atoms with E-state index in [1.54, 1.807) is 12.1 Å². The van der Waals surface area contributed by atoms with E-state index in [-0.39, 0.29) is 22.9 Å². The number of nitrogens with zero attached hydrogens (tertiary/aromatic N) is 1. The number of carbonyl (C=O) groups excluding carboxylic acids is 1. The Morgan fingerprint density at radius 2 is 1.81 bits per heavy atom. The molecule has 1 aliphatic heterocycles. The number of hydrogen-bond donors (Lipinski definition) is 2. The minimum absolute atomic E-state index is 0.00398. The van der Waals surface area contributed by atoms with Gasteiger partial charge in [-0.3, -0.25) is 4.79 Å². The monoisotopic (exact) mass is 433 g/mol. The highest BCUT2D eigenvalue weighted by Crippen LogP contribution is 2.47. The SMILES string of the molecule is O=C(O)c1ccc(CCN2C(=O)CCC2/C=C/C(O)C2(Cc3ccccc3)CCC2)cc1. The van der Waals surface area contributed by atoms with Gasteiger partial charge in [0.25, 0.3) is 0 Å². The van der Waals surface area contributed by atoms with Gasteiger partial charge in [-0.05, 0) is 55.4 Å². The maximum Gasteiger partial charge on any atom is 0.335 e. The van der Waals surface area contributed by atoms with Crippen LogP contribution in [0.15, 0.2) is 66.7 Å². The predicted octanol–water partition coefficient (Wildman–Crippen LogP) is 4.25. The van der Waals surface area contributed by atoms with Crippen LogP contribution in [0.2, 0.25) is 0 Å². The lowest BCUT2D eigenvalue weighted by atomic mass is 9.62. The van der Waals surface area contributed by atoms with Gasteiger partial charge in [0, 0.05) is 18.4 Å². The lowest BCUT2D eigenvalue weighted by Crippen LogP contribution is -2.42. The Morgan fingerprint density at radius 1 is 1.09 bits per heavy atom. The largest absolute Gasteiger partial charge is 0.478 e. The molecule has 2 aromatic carbocycles. The first-order valence-electron chi connectivity index (χ1n) is 11.5. The molecular formula is C27H31NO4. The van der Waals surface area contributed by atoms with Crippen molar-refractivity contribution >= 4 is 11.9 Å². The van der Waals surface area contributed by atoms with E-state index >= 15 is 0 Å². The van der Waals surface area contributed by atoms with E-state index in [0.717, 1.165) is 37.7 Å². The molecule has 5 nitrogen and oxygen atoms in total. The minimum atomic E-state index is -0.938. The van der Waals surface area contributed by atoms with Crippen LogP contribution in [0.1, 0.15) is 53.6 Å². The molecule has 5 heteroatoms. The number of carboxylic acids is 1. The molecule has 2 aromatic rings. The lowest BCUT2D eigenvalue weighted by Gasteiger charge is -2.45. The van der Waals surface area contributed by atoms with Gasteiger partial charge in [0.15, 0.2) is 0 Å². The molecule has 1 saturated carbocycles. The Labute approximate surface area is 189 Å². The van der Waals surface area contributed by atoms with Gasteiger partial charge in [0.05, 0.1) is 17.7 Å². The van der Waals surface area contributed by atoms with Gasteiger partial charge in [-0.1, -0.05) is 61.0 Å². The Kier molecular flexibility index (Phi) is 6.75. The quantitative estimate of drug-likeness (QED) is 0.580. The molecule has 168 valence electrons. The lowest BCUT2D eigenvalue weighted by molar-refractivity contribution is -0.128. The number of rotatable bonds is 9. The van der Waals surface area contributed by atoms with E-state index in [1.807, 2.05) is 47.4 Å². The van der Waals surface area contributed by atoms with Crippen molar-refractivity contribution in [1.82, 2.24) is 4.90 Å². The number of carboxylic acid groups (broad SMARTS) is 1. The number of aliphatic hydroxyl groups excluding tert-OH is 1. The van der Waals surface area contributed by atoms with Crippen LogP contribution < -0.4 is 0 Å². The van der Waals surface area contributed by atoms with Crippen LogP contribution in [-0.4, -0.2) is 45.7 Å². The highest BCUT2D eigenvalue weighted by atomic mass is 16.4. The molecule has 1 aliphatic carbocycles. The fourth-order valence-electron chi connectivity index (χ4n) is 4.96. The summed E-state index contributed by atoms with van der Waals surface area (Å²) in [6, 6.07) is 17.2.